The molecule has 1 fully saturated rings. The number of thioether (sulfide) groups is 1. The van der Waals surface area contributed by atoms with Gasteiger partial charge in [-0.3, -0.25) is 15.0 Å². The van der Waals surface area contributed by atoms with Crippen LogP contribution in [0.5, 0.6) is 11.5 Å². The Morgan fingerprint density at radius 1 is 1.20 bits per heavy atom. The second-order valence-electron chi connectivity index (χ2n) is 6.02. The number of halogens is 1. The van der Waals surface area contributed by atoms with Crippen molar-refractivity contribution in [3.63, 3.8) is 0 Å². The summed E-state index contributed by atoms with van der Waals surface area (Å²) >= 11 is 9.90. The van der Waals surface area contributed by atoms with Crippen molar-refractivity contribution in [3.05, 3.63) is 63.0 Å². The molecule has 0 radical (unpaired) electrons. The van der Waals surface area contributed by atoms with E-state index in [1.165, 1.54) is 0 Å². The fourth-order valence-corrected chi connectivity index (χ4v) is 4.44. The van der Waals surface area contributed by atoms with Crippen LogP contribution >= 0.6 is 39.9 Å². The first-order valence-corrected chi connectivity index (χ1v) is 11.2. The molecule has 2 aromatic rings. The number of nitrogens with zero attached hydrogens (tertiary/aromatic N) is 1. The number of carbonyl (C=O) groups is 2. The van der Waals surface area contributed by atoms with Crippen LogP contribution in [0.1, 0.15) is 29.8 Å². The second kappa shape index (κ2) is 10.1. The molecule has 1 aliphatic rings. The van der Waals surface area contributed by atoms with Crippen LogP contribution in [-0.2, 0) is 4.79 Å². The van der Waals surface area contributed by atoms with E-state index in [1.54, 1.807) is 36.4 Å². The number of carbonyl (C=O) groups excluding carboxylic acids is 2. The minimum Gasteiger partial charge on any atom is -0.490 e. The van der Waals surface area contributed by atoms with Crippen LogP contribution in [0, 0.1) is 0 Å². The van der Waals surface area contributed by atoms with Gasteiger partial charge in [0.15, 0.2) is 15.8 Å². The highest BCUT2D eigenvalue weighted by molar-refractivity contribution is 9.10. The van der Waals surface area contributed by atoms with Crippen LogP contribution in [0.25, 0.3) is 6.08 Å². The van der Waals surface area contributed by atoms with Gasteiger partial charge in [-0.25, -0.2) is 0 Å². The predicted molar refractivity (Wildman–Crippen MR) is 125 cm³/mol. The van der Waals surface area contributed by atoms with Gasteiger partial charge in [-0.2, -0.15) is 5.01 Å². The zero-order valence-electron chi connectivity index (χ0n) is 16.3. The Hall–Kier alpha value is -2.36. The molecule has 1 saturated heterocycles. The lowest BCUT2D eigenvalue weighted by molar-refractivity contribution is -0.123. The van der Waals surface area contributed by atoms with E-state index >= 15 is 0 Å². The summed E-state index contributed by atoms with van der Waals surface area (Å²) in [5, 5.41) is 1.09. The summed E-state index contributed by atoms with van der Waals surface area (Å²) in [6, 6.07) is 12.3. The number of benzene rings is 2. The molecule has 2 aromatic carbocycles. The Morgan fingerprint density at radius 2 is 1.90 bits per heavy atom. The molecule has 3 rings (SSSR count). The maximum Gasteiger partial charge on any atom is 0.285 e. The van der Waals surface area contributed by atoms with E-state index in [-0.39, 0.29) is 4.32 Å². The molecule has 0 aromatic heterocycles. The van der Waals surface area contributed by atoms with E-state index in [9.17, 15) is 9.59 Å². The lowest BCUT2D eigenvalue weighted by Gasteiger charge is -2.15. The highest BCUT2D eigenvalue weighted by Gasteiger charge is 2.34. The Bertz CT molecular complexity index is 1010. The van der Waals surface area contributed by atoms with Gasteiger partial charge in [0, 0.05) is 5.56 Å². The van der Waals surface area contributed by atoms with Crippen molar-refractivity contribution in [3.8, 4) is 11.5 Å². The first-order valence-electron chi connectivity index (χ1n) is 9.17. The fourth-order valence-electron chi connectivity index (χ4n) is 2.69. The van der Waals surface area contributed by atoms with Crippen molar-refractivity contribution in [2.75, 3.05) is 13.2 Å². The molecule has 1 N–H and O–H groups in total. The third-order valence-electron chi connectivity index (χ3n) is 3.96. The fraction of sp³-hybridized carbons (Fsp3) is 0.190. The lowest BCUT2D eigenvalue weighted by Crippen LogP contribution is -2.44. The van der Waals surface area contributed by atoms with Crippen LogP contribution in [0.3, 0.4) is 0 Å². The number of hydrogen-bond acceptors (Lipinski definition) is 6. The molecule has 0 atom stereocenters. The van der Waals surface area contributed by atoms with Crippen LogP contribution in [0.2, 0.25) is 0 Å². The third kappa shape index (κ3) is 5.03. The van der Waals surface area contributed by atoms with Crippen molar-refractivity contribution in [1.29, 1.82) is 0 Å². The maximum absolute atomic E-state index is 12.8. The van der Waals surface area contributed by atoms with Crippen molar-refractivity contribution >= 4 is 62.1 Å². The average molecular weight is 507 g/mol. The largest absolute Gasteiger partial charge is 0.490 e. The van der Waals surface area contributed by atoms with Crippen molar-refractivity contribution < 1.29 is 19.1 Å². The highest BCUT2D eigenvalue weighted by Crippen LogP contribution is 2.39. The number of hydrazine groups is 1. The molecule has 0 bridgehead atoms. The van der Waals surface area contributed by atoms with Crippen LogP contribution in [0.4, 0.5) is 0 Å². The van der Waals surface area contributed by atoms with E-state index in [4.69, 9.17) is 21.7 Å². The molecule has 30 heavy (non-hydrogen) atoms. The van der Waals surface area contributed by atoms with Crippen molar-refractivity contribution in [2.24, 2.45) is 0 Å². The quantitative estimate of drug-likeness (QED) is 0.430. The van der Waals surface area contributed by atoms with E-state index < -0.39 is 11.8 Å². The first kappa shape index (κ1) is 22.3. The third-order valence-corrected chi connectivity index (χ3v) is 5.85. The van der Waals surface area contributed by atoms with Gasteiger partial charge in [0.1, 0.15) is 0 Å². The number of nitrogens with one attached hydrogen (secondary N) is 1. The smallest absolute Gasteiger partial charge is 0.285 e. The van der Waals surface area contributed by atoms with Gasteiger partial charge in [0.05, 0.1) is 22.6 Å². The lowest BCUT2D eigenvalue weighted by atomic mass is 10.2. The summed E-state index contributed by atoms with van der Waals surface area (Å²) in [7, 11) is 0. The van der Waals surface area contributed by atoms with Crippen molar-refractivity contribution in [1.82, 2.24) is 10.4 Å². The van der Waals surface area contributed by atoms with Gasteiger partial charge in [-0.05, 0) is 77.9 Å². The van der Waals surface area contributed by atoms with Gasteiger partial charge in [0.25, 0.3) is 11.8 Å². The molecule has 1 heterocycles. The van der Waals surface area contributed by atoms with E-state index in [0.29, 0.717) is 35.2 Å². The van der Waals surface area contributed by atoms with Gasteiger partial charge >= 0.3 is 0 Å². The summed E-state index contributed by atoms with van der Waals surface area (Å²) in [5.74, 6) is 0.389. The van der Waals surface area contributed by atoms with E-state index in [2.05, 4.69) is 21.4 Å². The van der Waals surface area contributed by atoms with Gasteiger partial charge in [0.2, 0.25) is 0 Å². The average Bonchev–Trinajstić information content (AvgIpc) is 2.98. The molecule has 9 heteroatoms. The molecule has 0 unspecified atom stereocenters. The zero-order valence-corrected chi connectivity index (χ0v) is 19.5. The summed E-state index contributed by atoms with van der Waals surface area (Å²) in [6.07, 6.45) is 1.71. The molecule has 2 amide bonds. The SMILES string of the molecule is CCOc1cc(C=C2SC(=S)N(NC(=O)c3ccccc3)C2=O)cc(Br)c1OCC. The second-order valence-corrected chi connectivity index (χ2v) is 8.55. The Balaban J connectivity index is 1.84. The standard InChI is InChI=1S/C21H19BrN2O4S2/c1-3-27-16-11-13(10-15(22)18(16)28-4-2)12-17-20(26)24(21(29)30-17)23-19(25)14-8-6-5-7-9-14/h5-12H,3-4H2,1-2H3,(H,23,25). The topological polar surface area (TPSA) is 67.9 Å². The summed E-state index contributed by atoms with van der Waals surface area (Å²) < 4.78 is 12.3. The van der Waals surface area contributed by atoms with Gasteiger partial charge in [-0.1, -0.05) is 30.0 Å². The van der Waals surface area contributed by atoms with Crippen molar-refractivity contribution in [2.45, 2.75) is 13.8 Å². The number of rotatable bonds is 7. The summed E-state index contributed by atoms with van der Waals surface area (Å²) in [4.78, 5) is 25.6. The van der Waals surface area contributed by atoms with Gasteiger partial charge in [-0.15, -0.1) is 0 Å². The summed E-state index contributed by atoms with van der Waals surface area (Å²) in [6.45, 7) is 4.75. The minimum absolute atomic E-state index is 0.255. The van der Waals surface area contributed by atoms with Crippen LogP contribution < -0.4 is 14.9 Å². The van der Waals surface area contributed by atoms with Crippen LogP contribution in [0.15, 0.2) is 51.8 Å². The Morgan fingerprint density at radius 3 is 2.57 bits per heavy atom. The molecule has 156 valence electrons. The number of amides is 2. The summed E-state index contributed by atoms with van der Waals surface area (Å²) in [5.41, 5.74) is 3.74. The maximum atomic E-state index is 12.8. The van der Waals surface area contributed by atoms with Gasteiger partial charge < -0.3 is 9.47 Å². The van der Waals surface area contributed by atoms with E-state index in [0.717, 1.165) is 26.8 Å². The molecule has 1 aliphatic heterocycles. The number of thiocarbonyl (C=S) groups is 1. The first-order chi connectivity index (χ1) is 14.4. The molecular formula is C21H19BrN2O4S2. The number of ether oxygens (including phenoxy) is 2. The predicted octanol–water partition coefficient (Wildman–Crippen LogP) is 4.79. The Kier molecular flexibility index (Phi) is 7.52. The zero-order chi connectivity index (χ0) is 21.7. The molecule has 0 aliphatic carbocycles. The highest BCUT2D eigenvalue weighted by atomic mass is 79.9. The normalized spacial score (nSPS) is 14.9. The molecular weight excluding hydrogens is 488 g/mol. The molecule has 0 spiro atoms. The Labute approximate surface area is 192 Å². The monoisotopic (exact) mass is 506 g/mol. The van der Waals surface area contributed by atoms with E-state index in [1.807, 2.05) is 26.0 Å². The molecule has 6 nitrogen and oxygen atoms in total. The molecule has 0 saturated carbocycles. The van der Waals surface area contributed by atoms with Crippen LogP contribution in [-0.4, -0.2) is 34.4 Å². The number of hydrogen-bond donors (Lipinski definition) is 1. The minimum atomic E-state index is -0.407.